The van der Waals surface area contributed by atoms with Crippen LogP contribution < -0.4 is 5.46 Å². The highest BCUT2D eigenvalue weighted by molar-refractivity contribution is 6.62. The number of pyridine rings is 1. The van der Waals surface area contributed by atoms with E-state index in [4.69, 9.17) is 14.0 Å². The van der Waals surface area contributed by atoms with Gasteiger partial charge in [0.05, 0.1) is 22.5 Å². The van der Waals surface area contributed by atoms with Gasteiger partial charge < -0.3 is 18.9 Å². The number of nitrogens with zero attached hydrogens (tertiary/aromatic N) is 2. The van der Waals surface area contributed by atoms with Crippen LogP contribution in [0.5, 0.6) is 0 Å². The Labute approximate surface area is 187 Å². The highest BCUT2D eigenvalue weighted by atomic mass is 19.4. The zero-order valence-electron chi connectivity index (χ0n) is 19.8. The molecule has 2 aliphatic rings. The monoisotopic (exact) mass is 456 g/mol. The van der Waals surface area contributed by atoms with Crippen molar-refractivity contribution in [1.82, 2.24) is 9.88 Å². The van der Waals surface area contributed by atoms with E-state index >= 15 is 0 Å². The number of alkyl halides is 3. The van der Waals surface area contributed by atoms with E-state index in [1.54, 1.807) is 20.8 Å². The van der Waals surface area contributed by atoms with E-state index < -0.39 is 47.7 Å². The summed E-state index contributed by atoms with van der Waals surface area (Å²) < 4.78 is 59.3. The molecule has 0 saturated carbocycles. The maximum atomic E-state index is 14.0. The molecular formula is C22H32BF3N2O4. The summed E-state index contributed by atoms with van der Waals surface area (Å²) in [6, 6.07) is 1.07. The minimum absolute atomic E-state index is 0.0639. The first-order valence-electron chi connectivity index (χ1n) is 10.9. The number of likely N-dealkylation sites (tertiary alicyclic amines) is 1. The molecule has 3 rings (SSSR count). The van der Waals surface area contributed by atoms with Crippen LogP contribution in [0.1, 0.15) is 78.5 Å². The number of aromatic nitrogens is 1. The van der Waals surface area contributed by atoms with Gasteiger partial charge in [0, 0.05) is 30.7 Å². The number of rotatable bonds is 2. The molecule has 1 aromatic rings. The minimum Gasteiger partial charge on any atom is -0.444 e. The number of hydrogen-bond acceptors (Lipinski definition) is 5. The third-order valence-electron chi connectivity index (χ3n) is 6.23. The third-order valence-corrected chi connectivity index (χ3v) is 6.23. The molecule has 2 aliphatic heterocycles. The fourth-order valence-corrected chi connectivity index (χ4v) is 3.84. The summed E-state index contributed by atoms with van der Waals surface area (Å²) in [6.07, 6.45) is -2.66. The molecular weight excluding hydrogens is 424 g/mol. The van der Waals surface area contributed by atoms with Crippen LogP contribution in [0.15, 0.2) is 12.3 Å². The number of halogens is 3. The molecule has 1 amide bonds. The molecule has 1 unspecified atom stereocenters. The summed E-state index contributed by atoms with van der Waals surface area (Å²) in [7, 11) is -0.938. The Hall–Kier alpha value is -1.81. The van der Waals surface area contributed by atoms with Gasteiger partial charge in [-0.25, -0.2) is 4.79 Å². The Morgan fingerprint density at radius 3 is 2.31 bits per heavy atom. The summed E-state index contributed by atoms with van der Waals surface area (Å²) in [5, 5.41) is 0. The molecule has 0 aromatic carbocycles. The van der Waals surface area contributed by atoms with Gasteiger partial charge >= 0.3 is 19.4 Å². The molecule has 178 valence electrons. The Bertz CT molecular complexity index is 852. The van der Waals surface area contributed by atoms with Crippen LogP contribution in [0.25, 0.3) is 0 Å². The van der Waals surface area contributed by atoms with Crippen molar-refractivity contribution in [2.75, 3.05) is 13.1 Å². The molecule has 32 heavy (non-hydrogen) atoms. The summed E-state index contributed by atoms with van der Waals surface area (Å²) >= 11 is 0. The first-order chi connectivity index (χ1) is 14.5. The zero-order chi connectivity index (χ0) is 24.1. The van der Waals surface area contributed by atoms with Gasteiger partial charge in [-0.05, 0) is 67.4 Å². The number of carbonyl (C=O) groups excluding carboxylic acids is 1. The standard InChI is InChI=1S/C22H32BF3N2O4/c1-19(2,3)30-18(29)28-10-8-9-14(13-28)17-16(22(24,25)26)11-15(12-27-17)23-31-20(4,5)21(6,7)32-23/h11-12,14H,8-10,13H2,1-7H3. The van der Waals surface area contributed by atoms with Crippen LogP contribution in [0.2, 0.25) is 0 Å². The van der Waals surface area contributed by atoms with E-state index in [1.807, 2.05) is 27.7 Å². The van der Waals surface area contributed by atoms with E-state index in [0.29, 0.717) is 19.4 Å². The average molecular weight is 456 g/mol. The molecule has 0 N–H and O–H groups in total. The van der Waals surface area contributed by atoms with Gasteiger partial charge in [-0.1, -0.05) is 0 Å². The lowest BCUT2D eigenvalue weighted by atomic mass is 9.78. The Morgan fingerprint density at radius 1 is 1.19 bits per heavy atom. The fourth-order valence-electron chi connectivity index (χ4n) is 3.84. The van der Waals surface area contributed by atoms with E-state index in [2.05, 4.69) is 4.98 Å². The quantitative estimate of drug-likeness (QED) is 0.613. The SMILES string of the molecule is CC(C)(C)OC(=O)N1CCCC(c2ncc(B3OC(C)(C)C(C)(C)O3)cc2C(F)(F)F)C1. The summed E-state index contributed by atoms with van der Waals surface area (Å²) in [5.41, 5.74) is -2.69. The predicted molar refractivity (Wildman–Crippen MR) is 115 cm³/mol. The fraction of sp³-hybridized carbons (Fsp3) is 0.727. The van der Waals surface area contributed by atoms with Gasteiger partial charge in [-0.15, -0.1) is 0 Å². The van der Waals surface area contributed by atoms with Gasteiger partial charge in [0.25, 0.3) is 0 Å². The predicted octanol–water partition coefficient (Wildman–Crippen LogP) is 4.51. The molecule has 3 heterocycles. The summed E-state index contributed by atoms with van der Waals surface area (Å²) in [6.45, 7) is 13.2. The second-order valence-electron chi connectivity index (χ2n) is 10.6. The largest absolute Gasteiger partial charge is 0.496 e. The van der Waals surface area contributed by atoms with Crippen molar-refractivity contribution in [3.8, 4) is 0 Å². The molecule has 10 heteroatoms. The van der Waals surface area contributed by atoms with E-state index in [-0.39, 0.29) is 17.7 Å². The Balaban J connectivity index is 1.88. The molecule has 2 fully saturated rings. The first-order valence-corrected chi connectivity index (χ1v) is 10.9. The maximum absolute atomic E-state index is 14.0. The zero-order valence-corrected chi connectivity index (χ0v) is 19.8. The molecule has 1 aromatic heterocycles. The third kappa shape index (κ3) is 5.22. The summed E-state index contributed by atoms with van der Waals surface area (Å²) in [5.74, 6) is -0.541. The van der Waals surface area contributed by atoms with Crippen molar-refractivity contribution in [2.24, 2.45) is 0 Å². The smallest absolute Gasteiger partial charge is 0.444 e. The average Bonchev–Trinajstić information content (AvgIpc) is 2.86. The van der Waals surface area contributed by atoms with Crippen LogP contribution in [0, 0.1) is 0 Å². The molecule has 0 bridgehead atoms. The van der Waals surface area contributed by atoms with Crippen molar-refractivity contribution in [1.29, 1.82) is 0 Å². The van der Waals surface area contributed by atoms with Crippen molar-refractivity contribution < 1.29 is 32.0 Å². The van der Waals surface area contributed by atoms with Crippen LogP contribution >= 0.6 is 0 Å². The normalized spacial score (nSPS) is 23.4. The molecule has 1 atom stereocenters. The van der Waals surface area contributed by atoms with Crippen LogP contribution in [-0.4, -0.2) is 53.0 Å². The van der Waals surface area contributed by atoms with Gasteiger partial charge in [-0.2, -0.15) is 13.2 Å². The van der Waals surface area contributed by atoms with Crippen molar-refractivity contribution >= 4 is 18.7 Å². The van der Waals surface area contributed by atoms with Gasteiger partial charge in [0.2, 0.25) is 0 Å². The lowest BCUT2D eigenvalue weighted by Gasteiger charge is -2.34. The second kappa shape index (κ2) is 8.20. The first kappa shape index (κ1) is 24.8. The van der Waals surface area contributed by atoms with Crippen LogP contribution in [-0.2, 0) is 20.2 Å². The van der Waals surface area contributed by atoms with Crippen molar-refractivity contribution in [3.05, 3.63) is 23.5 Å². The number of carbonyl (C=O) groups is 1. The number of amides is 1. The number of hydrogen-bond donors (Lipinski definition) is 0. The molecule has 0 aliphatic carbocycles. The molecule has 0 radical (unpaired) electrons. The van der Waals surface area contributed by atoms with Gasteiger partial charge in [-0.3, -0.25) is 4.98 Å². The second-order valence-corrected chi connectivity index (χ2v) is 10.6. The lowest BCUT2D eigenvalue weighted by molar-refractivity contribution is -0.138. The Morgan fingerprint density at radius 2 is 1.78 bits per heavy atom. The van der Waals surface area contributed by atoms with Crippen molar-refractivity contribution in [3.63, 3.8) is 0 Å². The number of piperidine rings is 1. The van der Waals surface area contributed by atoms with Gasteiger partial charge in [0.15, 0.2) is 0 Å². The Kier molecular flexibility index (Phi) is 6.36. The maximum Gasteiger partial charge on any atom is 0.496 e. The van der Waals surface area contributed by atoms with Gasteiger partial charge in [0.1, 0.15) is 5.60 Å². The van der Waals surface area contributed by atoms with E-state index in [9.17, 15) is 18.0 Å². The number of ether oxygens (including phenoxy) is 1. The van der Waals surface area contributed by atoms with Crippen LogP contribution in [0.3, 0.4) is 0 Å². The van der Waals surface area contributed by atoms with E-state index in [0.717, 1.165) is 6.07 Å². The lowest BCUT2D eigenvalue weighted by Crippen LogP contribution is -2.43. The summed E-state index contributed by atoms with van der Waals surface area (Å²) in [4.78, 5) is 18.1. The van der Waals surface area contributed by atoms with Crippen molar-refractivity contribution in [2.45, 2.75) is 90.2 Å². The molecule has 6 nitrogen and oxygen atoms in total. The topological polar surface area (TPSA) is 60.9 Å². The minimum atomic E-state index is -4.60. The highest BCUT2D eigenvalue weighted by Crippen LogP contribution is 2.39. The highest BCUT2D eigenvalue weighted by Gasteiger charge is 2.52. The molecule has 2 saturated heterocycles. The molecule has 0 spiro atoms. The van der Waals surface area contributed by atoms with Crippen LogP contribution in [0.4, 0.5) is 18.0 Å². The van der Waals surface area contributed by atoms with E-state index in [1.165, 1.54) is 11.1 Å².